The number of carbonyl (C=O) groups excluding carboxylic acids is 2. The minimum absolute atomic E-state index is 0.0470. The van der Waals surface area contributed by atoms with Crippen LogP contribution in [0.3, 0.4) is 0 Å². The van der Waals surface area contributed by atoms with E-state index in [9.17, 15) is 9.59 Å². The van der Waals surface area contributed by atoms with Gasteiger partial charge in [-0.15, -0.1) is 0 Å². The van der Waals surface area contributed by atoms with E-state index in [1.165, 1.54) is 6.33 Å². The summed E-state index contributed by atoms with van der Waals surface area (Å²) in [7, 11) is 0. The summed E-state index contributed by atoms with van der Waals surface area (Å²) in [5.74, 6) is 0.0943. The van der Waals surface area contributed by atoms with Crippen LogP contribution in [-0.2, 0) is 16.1 Å². The maximum absolute atomic E-state index is 12.2. The van der Waals surface area contributed by atoms with E-state index < -0.39 is 0 Å². The molecule has 0 saturated carbocycles. The molecule has 1 aromatic heterocycles. The van der Waals surface area contributed by atoms with Crippen LogP contribution < -0.4 is 0 Å². The predicted molar refractivity (Wildman–Crippen MR) is 62.2 cm³/mol. The lowest BCUT2D eigenvalue weighted by molar-refractivity contribution is -0.154. The first-order valence-corrected chi connectivity index (χ1v) is 6.09. The van der Waals surface area contributed by atoms with E-state index in [1.807, 2.05) is 0 Å². The van der Waals surface area contributed by atoms with Crippen LogP contribution in [0.5, 0.6) is 0 Å². The molecule has 0 aliphatic carbocycles. The van der Waals surface area contributed by atoms with Crippen LogP contribution in [0.25, 0.3) is 0 Å². The fourth-order valence-corrected chi connectivity index (χ4v) is 2.61. The lowest BCUT2D eigenvalue weighted by Crippen LogP contribution is -2.56. The minimum atomic E-state index is -0.243. The highest BCUT2D eigenvalue weighted by Gasteiger charge is 2.41. The molecule has 0 aromatic carbocycles. The molecule has 2 aliphatic heterocycles. The van der Waals surface area contributed by atoms with E-state index in [2.05, 4.69) is 9.97 Å². The van der Waals surface area contributed by atoms with Crippen LogP contribution >= 0.6 is 0 Å². The summed E-state index contributed by atoms with van der Waals surface area (Å²) in [5, 5.41) is 0. The van der Waals surface area contributed by atoms with Gasteiger partial charge in [0.15, 0.2) is 0 Å². The molecule has 94 valence electrons. The summed E-state index contributed by atoms with van der Waals surface area (Å²) < 4.78 is 0. The number of rotatable bonds is 2. The number of amides is 2. The van der Waals surface area contributed by atoms with Gasteiger partial charge in [-0.3, -0.25) is 9.59 Å². The van der Waals surface area contributed by atoms with Crippen molar-refractivity contribution < 1.29 is 9.59 Å². The molecule has 1 unspecified atom stereocenters. The van der Waals surface area contributed by atoms with Gasteiger partial charge in [0.05, 0.1) is 12.2 Å². The van der Waals surface area contributed by atoms with Gasteiger partial charge >= 0.3 is 0 Å². The summed E-state index contributed by atoms with van der Waals surface area (Å²) in [4.78, 5) is 35.4. The Balaban J connectivity index is 1.77. The van der Waals surface area contributed by atoms with Crippen molar-refractivity contribution in [2.45, 2.75) is 25.4 Å². The number of nitrogens with zero attached hydrogens (tertiary/aromatic N) is 4. The molecule has 2 aliphatic rings. The van der Waals surface area contributed by atoms with Crippen LogP contribution in [0.15, 0.2) is 18.6 Å². The number of aromatic nitrogens is 2. The van der Waals surface area contributed by atoms with Crippen molar-refractivity contribution in [3.8, 4) is 0 Å². The predicted octanol–water partition coefficient (Wildman–Crippen LogP) is -0.190. The SMILES string of the molecule is O=C1C2CCCN2C(=O)CN1Cc1ccncn1. The van der Waals surface area contributed by atoms with Gasteiger partial charge in [-0.05, 0) is 18.9 Å². The number of hydrogen-bond acceptors (Lipinski definition) is 4. The highest BCUT2D eigenvalue weighted by Crippen LogP contribution is 2.24. The number of carbonyl (C=O) groups is 2. The Bertz CT molecular complexity index is 476. The molecular formula is C12H14N4O2. The molecule has 2 fully saturated rings. The standard InChI is InChI=1S/C12H14N4O2/c17-11-7-15(6-9-3-4-13-8-14-9)12(18)10-2-1-5-16(10)11/h3-4,8,10H,1-2,5-7H2. The fourth-order valence-electron chi connectivity index (χ4n) is 2.61. The molecule has 18 heavy (non-hydrogen) atoms. The van der Waals surface area contributed by atoms with E-state index in [0.717, 1.165) is 25.1 Å². The van der Waals surface area contributed by atoms with Crippen LogP contribution in [0, 0.1) is 0 Å². The molecule has 1 aromatic rings. The molecule has 6 heteroatoms. The summed E-state index contributed by atoms with van der Waals surface area (Å²) >= 11 is 0. The van der Waals surface area contributed by atoms with E-state index in [-0.39, 0.29) is 24.4 Å². The molecule has 3 rings (SSSR count). The Labute approximate surface area is 105 Å². The quantitative estimate of drug-likeness (QED) is 0.725. The van der Waals surface area contributed by atoms with Gasteiger partial charge in [-0.25, -0.2) is 9.97 Å². The fraction of sp³-hybridized carbons (Fsp3) is 0.500. The lowest BCUT2D eigenvalue weighted by atomic mass is 10.1. The molecule has 1 atom stereocenters. The average Bonchev–Trinajstić information content (AvgIpc) is 2.87. The van der Waals surface area contributed by atoms with Crippen molar-refractivity contribution in [3.05, 3.63) is 24.3 Å². The monoisotopic (exact) mass is 246 g/mol. The first-order chi connectivity index (χ1) is 8.75. The molecule has 2 saturated heterocycles. The summed E-state index contributed by atoms with van der Waals surface area (Å²) in [6.07, 6.45) is 4.79. The largest absolute Gasteiger partial charge is 0.329 e. The zero-order valence-electron chi connectivity index (χ0n) is 9.95. The van der Waals surface area contributed by atoms with Crippen molar-refractivity contribution in [1.29, 1.82) is 0 Å². The van der Waals surface area contributed by atoms with E-state index >= 15 is 0 Å². The van der Waals surface area contributed by atoms with Gasteiger partial charge in [-0.1, -0.05) is 0 Å². The highest BCUT2D eigenvalue weighted by atomic mass is 16.2. The smallest absolute Gasteiger partial charge is 0.246 e. The van der Waals surface area contributed by atoms with Gasteiger partial charge in [0.2, 0.25) is 11.8 Å². The third-order valence-electron chi connectivity index (χ3n) is 3.49. The maximum Gasteiger partial charge on any atom is 0.246 e. The second-order valence-electron chi connectivity index (χ2n) is 4.64. The summed E-state index contributed by atoms with van der Waals surface area (Å²) in [5.41, 5.74) is 0.762. The van der Waals surface area contributed by atoms with Gasteiger partial charge < -0.3 is 9.80 Å². The maximum atomic E-state index is 12.2. The Morgan fingerprint density at radius 3 is 3.06 bits per heavy atom. The second kappa shape index (κ2) is 4.36. The van der Waals surface area contributed by atoms with E-state index in [4.69, 9.17) is 0 Å². The van der Waals surface area contributed by atoms with Gasteiger partial charge in [0.1, 0.15) is 18.9 Å². The topological polar surface area (TPSA) is 66.4 Å². The number of fused-ring (bicyclic) bond motifs is 1. The normalized spacial score (nSPS) is 23.4. The highest BCUT2D eigenvalue weighted by molar-refractivity contribution is 5.95. The summed E-state index contributed by atoms with van der Waals surface area (Å²) in [6, 6.07) is 1.52. The zero-order chi connectivity index (χ0) is 12.5. The minimum Gasteiger partial charge on any atom is -0.329 e. The van der Waals surface area contributed by atoms with Crippen LogP contribution in [0.4, 0.5) is 0 Å². The zero-order valence-corrected chi connectivity index (χ0v) is 9.95. The Hall–Kier alpha value is -1.98. The number of piperazine rings is 1. The third kappa shape index (κ3) is 1.83. The van der Waals surface area contributed by atoms with Crippen LogP contribution in [-0.4, -0.2) is 50.7 Å². The number of hydrogen-bond donors (Lipinski definition) is 0. The first-order valence-electron chi connectivity index (χ1n) is 6.09. The van der Waals surface area contributed by atoms with Gasteiger partial charge in [0, 0.05) is 12.7 Å². The Kier molecular flexibility index (Phi) is 2.70. The Morgan fingerprint density at radius 2 is 2.28 bits per heavy atom. The van der Waals surface area contributed by atoms with Crippen LogP contribution in [0.1, 0.15) is 18.5 Å². The molecule has 0 spiro atoms. The first kappa shape index (κ1) is 11.1. The van der Waals surface area contributed by atoms with Crippen molar-refractivity contribution in [2.75, 3.05) is 13.1 Å². The van der Waals surface area contributed by atoms with Crippen LogP contribution in [0.2, 0.25) is 0 Å². The molecule has 0 bridgehead atoms. The van der Waals surface area contributed by atoms with Crippen molar-refractivity contribution in [1.82, 2.24) is 19.8 Å². The van der Waals surface area contributed by atoms with Crippen molar-refractivity contribution in [2.24, 2.45) is 0 Å². The van der Waals surface area contributed by atoms with Crippen molar-refractivity contribution in [3.63, 3.8) is 0 Å². The Morgan fingerprint density at radius 1 is 1.39 bits per heavy atom. The average molecular weight is 246 g/mol. The van der Waals surface area contributed by atoms with E-state index in [1.54, 1.807) is 22.1 Å². The van der Waals surface area contributed by atoms with Gasteiger partial charge in [-0.2, -0.15) is 0 Å². The molecule has 2 amide bonds. The second-order valence-corrected chi connectivity index (χ2v) is 4.64. The molecule has 0 radical (unpaired) electrons. The third-order valence-corrected chi connectivity index (χ3v) is 3.49. The molecule has 0 N–H and O–H groups in total. The van der Waals surface area contributed by atoms with E-state index in [0.29, 0.717) is 6.54 Å². The molecular weight excluding hydrogens is 232 g/mol. The van der Waals surface area contributed by atoms with Crippen molar-refractivity contribution >= 4 is 11.8 Å². The molecule has 6 nitrogen and oxygen atoms in total. The summed E-state index contributed by atoms with van der Waals surface area (Å²) in [6.45, 7) is 1.27. The lowest BCUT2D eigenvalue weighted by Gasteiger charge is -2.36. The van der Waals surface area contributed by atoms with Gasteiger partial charge in [0.25, 0.3) is 0 Å². The molecule has 3 heterocycles.